The number of sulfone groups is 1. The van der Waals surface area contributed by atoms with Crippen LogP contribution in [0.3, 0.4) is 0 Å². The van der Waals surface area contributed by atoms with Gasteiger partial charge in [-0.05, 0) is 28.8 Å². The van der Waals surface area contributed by atoms with Gasteiger partial charge in [-0.3, -0.25) is 4.79 Å². The number of nitrogens with one attached hydrogen (secondary N) is 1. The van der Waals surface area contributed by atoms with Gasteiger partial charge in [0.05, 0.1) is 17.0 Å². The van der Waals surface area contributed by atoms with Crippen LogP contribution in [0.25, 0.3) is 11.1 Å². The normalized spacial score (nSPS) is 11.1. The van der Waals surface area contributed by atoms with Crippen molar-refractivity contribution in [3.05, 3.63) is 84.4 Å². The highest BCUT2D eigenvalue weighted by Crippen LogP contribution is 2.22. The lowest BCUT2D eigenvalue weighted by Crippen LogP contribution is -2.16. The predicted octanol–water partition coefficient (Wildman–Crippen LogP) is 3.94. The third-order valence-corrected chi connectivity index (χ3v) is 5.14. The Morgan fingerprint density at radius 1 is 0.808 bits per heavy atom. The van der Waals surface area contributed by atoms with Crippen LogP contribution in [0.1, 0.15) is 5.56 Å². The first-order valence-electron chi connectivity index (χ1n) is 8.17. The van der Waals surface area contributed by atoms with E-state index in [2.05, 4.69) is 5.32 Å². The predicted molar refractivity (Wildman–Crippen MR) is 104 cm³/mol. The van der Waals surface area contributed by atoms with Gasteiger partial charge < -0.3 is 5.32 Å². The third-order valence-electron chi connectivity index (χ3n) is 3.99. The van der Waals surface area contributed by atoms with Crippen LogP contribution in [0.4, 0.5) is 5.69 Å². The van der Waals surface area contributed by atoms with E-state index in [1.165, 1.54) is 6.07 Å². The summed E-state index contributed by atoms with van der Waals surface area (Å²) in [6.07, 6.45) is 1.30. The number of amides is 1. The van der Waals surface area contributed by atoms with Crippen LogP contribution in [0.5, 0.6) is 0 Å². The molecule has 132 valence electrons. The van der Waals surface area contributed by atoms with Gasteiger partial charge in [-0.25, -0.2) is 8.42 Å². The fourth-order valence-corrected chi connectivity index (χ4v) is 3.56. The van der Waals surface area contributed by atoms with Crippen LogP contribution >= 0.6 is 0 Å². The largest absolute Gasteiger partial charge is 0.325 e. The number of anilines is 1. The second-order valence-electron chi connectivity index (χ2n) is 6.06. The lowest BCUT2D eigenvalue weighted by atomic mass is 10.0. The molecule has 0 aliphatic carbocycles. The molecule has 26 heavy (non-hydrogen) atoms. The molecule has 0 saturated carbocycles. The molecular formula is C21H19NO3S. The molecule has 4 nitrogen and oxygen atoms in total. The summed E-state index contributed by atoms with van der Waals surface area (Å²) < 4.78 is 23.6. The van der Waals surface area contributed by atoms with Gasteiger partial charge in [0.25, 0.3) is 0 Å². The number of benzene rings is 3. The highest BCUT2D eigenvalue weighted by Gasteiger charge is 2.14. The van der Waals surface area contributed by atoms with Crippen molar-refractivity contribution in [3.63, 3.8) is 0 Å². The molecule has 0 unspecified atom stereocenters. The first-order valence-corrected chi connectivity index (χ1v) is 10.1. The molecule has 1 N–H and O–H groups in total. The minimum absolute atomic E-state index is 0.118. The fraction of sp³-hybridized carbons (Fsp3) is 0.0952. The molecule has 3 aromatic rings. The number of hydrogen-bond acceptors (Lipinski definition) is 3. The van der Waals surface area contributed by atoms with E-state index in [-0.39, 0.29) is 17.2 Å². The van der Waals surface area contributed by atoms with Crippen LogP contribution < -0.4 is 5.32 Å². The van der Waals surface area contributed by atoms with E-state index < -0.39 is 9.84 Å². The molecule has 1 amide bonds. The summed E-state index contributed by atoms with van der Waals surface area (Å²) in [7, 11) is -3.40. The molecule has 3 aromatic carbocycles. The number of rotatable bonds is 5. The van der Waals surface area contributed by atoms with E-state index in [1.54, 1.807) is 18.2 Å². The molecule has 0 atom stereocenters. The fourth-order valence-electron chi connectivity index (χ4n) is 2.72. The van der Waals surface area contributed by atoms with Crippen LogP contribution in [0.2, 0.25) is 0 Å². The summed E-state index contributed by atoms with van der Waals surface area (Å²) in [6.45, 7) is 0. The smallest absolute Gasteiger partial charge is 0.228 e. The van der Waals surface area contributed by atoms with Crippen LogP contribution in [0, 0.1) is 0 Å². The highest BCUT2D eigenvalue weighted by molar-refractivity contribution is 7.90. The summed E-state index contributed by atoms with van der Waals surface area (Å²) in [6, 6.07) is 24.2. The topological polar surface area (TPSA) is 63.2 Å². The molecule has 5 heteroatoms. The minimum Gasteiger partial charge on any atom is -0.325 e. The summed E-state index contributed by atoms with van der Waals surface area (Å²) in [5.74, 6) is -0.256. The van der Waals surface area contributed by atoms with Gasteiger partial charge in [0.1, 0.15) is 0 Å². The highest BCUT2D eigenvalue weighted by atomic mass is 32.2. The average Bonchev–Trinajstić information content (AvgIpc) is 2.62. The molecule has 0 spiro atoms. The van der Waals surface area contributed by atoms with E-state index in [0.29, 0.717) is 5.69 Å². The summed E-state index contributed by atoms with van der Waals surface area (Å²) in [5.41, 5.74) is 3.36. The summed E-state index contributed by atoms with van der Waals surface area (Å²) in [4.78, 5) is 12.4. The van der Waals surface area contributed by atoms with E-state index >= 15 is 0 Å². The van der Waals surface area contributed by atoms with Crippen LogP contribution in [-0.2, 0) is 21.1 Å². The SMILES string of the molecule is CS(=O)(=O)c1ccccc1NC(=O)Cc1ccc(-c2ccccc2)cc1. The second kappa shape index (κ2) is 7.54. The summed E-state index contributed by atoms with van der Waals surface area (Å²) >= 11 is 0. The molecule has 0 radical (unpaired) electrons. The van der Waals surface area contributed by atoms with E-state index in [0.717, 1.165) is 22.9 Å². The first-order chi connectivity index (χ1) is 12.4. The molecule has 0 aliphatic heterocycles. The van der Waals surface area contributed by atoms with Gasteiger partial charge >= 0.3 is 0 Å². The molecule has 3 rings (SSSR count). The Labute approximate surface area is 153 Å². The standard InChI is InChI=1S/C21H19NO3S/c1-26(24,25)20-10-6-5-9-19(20)22-21(23)15-16-11-13-18(14-12-16)17-7-3-2-4-8-17/h2-14H,15H2,1H3,(H,22,23). The van der Waals surface area contributed by atoms with Crippen molar-refractivity contribution >= 4 is 21.4 Å². The maximum absolute atomic E-state index is 12.3. The van der Waals surface area contributed by atoms with Gasteiger partial charge in [0.2, 0.25) is 5.91 Å². The first kappa shape index (κ1) is 17.9. The van der Waals surface area contributed by atoms with Crippen molar-refractivity contribution in [1.29, 1.82) is 0 Å². The van der Waals surface area contributed by atoms with Crippen molar-refractivity contribution in [2.75, 3.05) is 11.6 Å². The van der Waals surface area contributed by atoms with E-state index in [1.807, 2.05) is 54.6 Å². The zero-order valence-electron chi connectivity index (χ0n) is 14.3. The van der Waals surface area contributed by atoms with Crippen molar-refractivity contribution in [1.82, 2.24) is 0 Å². The maximum atomic E-state index is 12.3. The van der Waals surface area contributed by atoms with Gasteiger partial charge in [-0.1, -0.05) is 66.7 Å². The van der Waals surface area contributed by atoms with Gasteiger partial charge in [-0.2, -0.15) is 0 Å². The molecular weight excluding hydrogens is 346 g/mol. The molecule has 0 aromatic heterocycles. The Bertz CT molecular complexity index is 1010. The average molecular weight is 365 g/mol. The van der Waals surface area contributed by atoms with Gasteiger partial charge in [-0.15, -0.1) is 0 Å². The zero-order valence-corrected chi connectivity index (χ0v) is 15.2. The number of para-hydroxylation sites is 1. The third kappa shape index (κ3) is 4.37. The second-order valence-corrected chi connectivity index (χ2v) is 8.04. The van der Waals surface area contributed by atoms with Crippen molar-refractivity contribution in [3.8, 4) is 11.1 Å². The maximum Gasteiger partial charge on any atom is 0.228 e. The number of carbonyl (C=O) groups is 1. The Morgan fingerprint density at radius 2 is 1.38 bits per heavy atom. The molecule has 0 aliphatic rings. The van der Waals surface area contributed by atoms with Gasteiger partial charge in [0, 0.05) is 6.26 Å². The molecule has 0 bridgehead atoms. The Balaban J connectivity index is 1.72. The van der Waals surface area contributed by atoms with Crippen LogP contribution in [-0.4, -0.2) is 20.6 Å². The van der Waals surface area contributed by atoms with Crippen LogP contribution in [0.15, 0.2) is 83.8 Å². The lowest BCUT2D eigenvalue weighted by molar-refractivity contribution is -0.115. The Kier molecular flexibility index (Phi) is 5.19. The van der Waals surface area contributed by atoms with E-state index in [4.69, 9.17) is 0 Å². The van der Waals surface area contributed by atoms with Crippen molar-refractivity contribution in [2.45, 2.75) is 11.3 Å². The number of carbonyl (C=O) groups excluding carboxylic acids is 1. The van der Waals surface area contributed by atoms with Gasteiger partial charge in [0.15, 0.2) is 9.84 Å². The van der Waals surface area contributed by atoms with Crippen molar-refractivity contribution < 1.29 is 13.2 Å². The molecule has 0 heterocycles. The molecule has 0 saturated heterocycles. The summed E-state index contributed by atoms with van der Waals surface area (Å²) in [5, 5.41) is 2.69. The quantitative estimate of drug-likeness (QED) is 0.745. The number of hydrogen-bond donors (Lipinski definition) is 1. The Morgan fingerprint density at radius 3 is 2.04 bits per heavy atom. The monoisotopic (exact) mass is 365 g/mol. The zero-order chi connectivity index (χ0) is 18.6. The van der Waals surface area contributed by atoms with E-state index in [9.17, 15) is 13.2 Å². The Hall–Kier alpha value is -2.92. The van der Waals surface area contributed by atoms with Crippen molar-refractivity contribution in [2.24, 2.45) is 0 Å². The minimum atomic E-state index is -3.40. The molecule has 0 fully saturated rings. The lowest BCUT2D eigenvalue weighted by Gasteiger charge is -2.10.